The van der Waals surface area contributed by atoms with Crippen LogP contribution in [-0.2, 0) is 24.7 Å². The number of fused-ring (bicyclic) bond motifs is 1. The van der Waals surface area contributed by atoms with Gasteiger partial charge in [0.25, 0.3) is 0 Å². The number of aryl methyl sites for hydroxylation is 2. The molecule has 0 spiro atoms. The first-order valence-electron chi connectivity index (χ1n) is 7.55. The molecule has 0 unspecified atom stereocenters. The third kappa shape index (κ3) is 2.82. The minimum absolute atomic E-state index is 0.0448. The van der Waals surface area contributed by atoms with Gasteiger partial charge >= 0.3 is 0 Å². The fourth-order valence-corrected chi connectivity index (χ4v) is 2.65. The van der Waals surface area contributed by atoms with E-state index in [0.29, 0.717) is 17.0 Å². The Balaban J connectivity index is 1.79. The van der Waals surface area contributed by atoms with Crippen LogP contribution in [0.15, 0.2) is 18.2 Å². The summed E-state index contributed by atoms with van der Waals surface area (Å²) in [5, 5.41) is 14.9. The van der Waals surface area contributed by atoms with E-state index >= 15 is 0 Å². The Bertz CT molecular complexity index is 899. The summed E-state index contributed by atoms with van der Waals surface area (Å²) >= 11 is 0. The number of hydrogen-bond acceptors (Lipinski definition) is 4. The second kappa shape index (κ2) is 6.31. The lowest BCUT2D eigenvalue weighted by Gasteiger charge is -2.06. The van der Waals surface area contributed by atoms with E-state index in [0.717, 1.165) is 17.5 Å². The summed E-state index contributed by atoms with van der Waals surface area (Å²) in [5.41, 5.74) is 2.09. The molecule has 24 heavy (non-hydrogen) atoms. The number of aromatic amines is 1. The van der Waals surface area contributed by atoms with Crippen molar-refractivity contribution in [2.24, 2.45) is 7.05 Å². The predicted octanol–water partition coefficient (Wildman–Crippen LogP) is 2.19. The number of ether oxygens (including phenoxy) is 1. The summed E-state index contributed by atoms with van der Waals surface area (Å²) in [6.07, 6.45) is 0.770. The van der Waals surface area contributed by atoms with E-state index in [1.54, 1.807) is 17.8 Å². The second-order valence-electron chi connectivity index (χ2n) is 5.41. The lowest BCUT2D eigenvalue weighted by Crippen LogP contribution is -2.15. The number of anilines is 1. The number of nitrogens with zero attached hydrogens (tertiary/aromatic N) is 3. The standard InChI is InChI=1S/C16H18FN5O2/c1-4-11-14-15(19-20-16(14)22(2)21-11)18-13(23)8-9-5-6-12(24-3)10(17)7-9/h5-7H,4,8H2,1-3H3,(H2,18,19,20,23). The van der Waals surface area contributed by atoms with E-state index in [9.17, 15) is 9.18 Å². The normalized spacial score (nSPS) is 11.0. The number of H-pyrrole nitrogens is 1. The summed E-state index contributed by atoms with van der Waals surface area (Å²) in [5.74, 6) is -0.102. The zero-order valence-electron chi connectivity index (χ0n) is 13.7. The molecule has 0 saturated heterocycles. The average Bonchev–Trinajstić information content (AvgIpc) is 3.09. The molecular weight excluding hydrogens is 313 g/mol. The molecule has 0 aliphatic heterocycles. The van der Waals surface area contributed by atoms with Crippen LogP contribution in [0, 0.1) is 5.82 Å². The van der Waals surface area contributed by atoms with Gasteiger partial charge in [0.1, 0.15) is 5.82 Å². The molecule has 0 aliphatic carbocycles. The van der Waals surface area contributed by atoms with Gasteiger partial charge in [-0.2, -0.15) is 10.2 Å². The van der Waals surface area contributed by atoms with Gasteiger partial charge in [-0.1, -0.05) is 13.0 Å². The molecule has 0 radical (unpaired) electrons. The van der Waals surface area contributed by atoms with Crippen LogP contribution in [0.25, 0.3) is 11.0 Å². The lowest BCUT2D eigenvalue weighted by molar-refractivity contribution is -0.115. The number of carbonyl (C=O) groups is 1. The van der Waals surface area contributed by atoms with Gasteiger partial charge < -0.3 is 10.1 Å². The highest BCUT2D eigenvalue weighted by atomic mass is 19.1. The van der Waals surface area contributed by atoms with E-state index in [2.05, 4.69) is 20.6 Å². The smallest absolute Gasteiger partial charge is 0.229 e. The van der Waals surface area contributed by atoms with Gasteiger partial charge in [0.15, 0.2) is 17.2 Å². The van der Waals surface area contributed by atoms with Crippen LogP contribution >= 0.6 is 0 Å². The van der Waals surface area contributed by atoms with Crippen LogP contribution in [0.1, 0.15) is 18.2 Å². The first-order chi connectivity index (χ1) is 11.5. The van der Waals surface area contributed by atoms with Gasteiger partial charge in [0.2, 0.25) is 5.91 Å². The van der Waals surface area contributed by atoms with E-state index < -0.39 is 5.82 Å². The van der Waals surface area contributed by atoms with Gasteiger partial charge in [-0.25, -0.2) is 9.07 Å². The largest absolute Gasteiger partial charge is 0.494 e. The average molecular weight is 331 g/mol. The highest BCUT2D eigenvalue weighted by Crippen LogP contribution is 2.24. The van der Waals surface area contributed by atoms with Crippen LogP contribution < -0.4 is 10.1 Å². The summed E-state index contributed by atoms with van der Waals surface area (Å²) in [7, 11) is 3.20. The van der Waals surface area contributed by atoms with E-state index in [-0.39, 0.29) is 18.1 Å². The molecule has 0 bridgehead atoms. The lowest BCUT2D eigenvalue weighted by atomic mass is 10.1. The number of aromatic nitrogens is 4. The molecule has 0 atom stereocenters. The number of hydrogen-bond donors (Lipinski definition) is 2. The number of benzene rings is 1. The minimum Gasteiger partial charge on any atom is -0.494 e. The van der Waals surface area contributed by atoms with Crippen molar-refractivity contribution in [3.05, 3.63) is 35.3 Å². The summed E-state index contributed by atoms with van der Waals surface area (Å²) in [4.78, 5) is 12.3. The van der Waals surface area contributed by atoms with Crippen molar-refractivity contribution in [2.75, 3.05) is 12.4 Å². The summed E-state index contributed by atoms with van der Waals surface area (Å²) in [6, 6.07) is 4.46. The maximum Gasteiger partial charge on any atom is 0.229 e. The van der Waals surface area contributed by atoms with Crippen LogP contribution in [-0.4, -0.2) is 33.0 Å². The summed E-state index contributed by atoms with van der Waals surface area (Å²) < 4.78 is 20.2. The quantitative estimate of drug-likeness (QED) is 0.750. The highest BCUT2D eigenvalue weighted by Gasteiger charge is 2.17. The van der Waals surface area contributed by atoms with Crippen molar-refractivity contribution >= 4 is 22.8 Å². The Kier molecular flexibility index (Phi) is 4.20. The van der Waals surface area contributed by atoms with E-state index in [4.69, 9.17) is 4.74 Å². The molecule has 7 nitrogen and oxygen atoms in total. The van der Waals surface area contributed by atoms with Crippen molar-refractivity contribution in [3.8, 4) is 5.75 Å². The molecule has 2 N–H and O–H groups in total. The Morgan fingerprint density at radius 2 is 2.25 bits per heavy atom. The topological polar surface area (TPSA) is 84.8 Å². The zero-order chi connectivity index (χ0) is 17.3. The molecule has 0 fully saturated rings. The third-order valence-corrected chi connectivity index (χ3v) is 3.79. The van der Waals surface area contributed by atoms with Gasteiger partial charge in [-0.05, 0) is 24.1 Å². The fraction of sp³-hybridized carbons (Fsp3) is 0.312. The van der Waals surface area contributed by atoms with E-state index in [1.165, 1.54) is 19.2 Å². The van der Waals surface area contributed by atoms with Crippen LogP contribution in [0.2, 0.25) is 0 Å². The van der Waals surface area contributed by atoms with Crippen LogP contribution in [0.3, 0.4) is 0 Å². The molecule has 2 aromatic heterocycles. The first kappa shape index (κ1) is 16.0. The molecule has 1 amide bonds. The van der Waals surface area contributed by atoms with Crippen LogP contribution in [0.5, 0.6) is 5.75 Å². The maximum atomic E-state index is 13.7. The van der Waals surface area contributed by atoms with Crippen molar-refractivity contribution in [2.45, 2.75) is 19.8 Å². The molecule has 0 aliphatic rings. The van der Waals surface area contributed by atoms with Crippen molar-refractivity contribution in [3.63, 3.8) is 0 Å². The number of halogens is 1. The number of rotatable bonds is 5. The van der Waals surface area contributed by atoms with Crippen molar-refractivity contribution < 1.29 is 13.9 Å². The molecule has 1 aromatic carbocycles. The van der Waals surface area contributed by atoms with Crippen LogP contribution in [0.4, 0.5) is 10.2 Å². The molecule has 0 saturated carbocycles. The summed E-state index contributed by atoms with van der Waals surface area (Å²) in [6.45, 7) is 1.99. The molecule has 126 valence electrons. The number of methoxy groups -OCH3 is 1. The minimum atomic E-state index is -0.493. The van der Waals surface area contributed by atoms with E-state index in [1.807, 2.05) is 6.92 Å². The van der Waals surface area contributed by atoms with Gasteiger partial charge in [-0.3, -0.25) is 9.89 Å². The number of nitrogens with one attached hydrogen (secondary N) is 2. The zero-order valence-corrected chi connectivity index (χ0v) is 13.7. The number of amides is 1. The molecule has 8 heteroatoms. The Labute approximate surface area is 137 Å². The molecule has 3 rings (SSSR count). The Hall–Kier alpha value is -2.90. The fourth-order valence-electron chi connectivity index (χ4n) is 2.65. The monoisotopic (exact) mass is 331 g/mol. The highest BCUT2D eigenvalue weighted by molar-refractivity contribution is 6.00. The first-order valence-corrected chi connectivity index (χ1v) is 7.55. The Morgan fingerprint density at radius 1 is 1.46 bits per heavy atom. The Morgan fingerprint density at radius 3 is 2.92 bits per heavy atom. The second-order valence-corrected chi connectivity index (χ2v) is 5.41. The molecule has 3 aromatic rings. The number of carbonyl (C=O) groups excluding carboxylic acids is 1. The molecular formula is C16H18FN5O2. The van der Waals surface area contributed by atoms with Gasteiger partial charge in [0.05, 0.1) is 24.6 Å². The van der Waals surface area contributed by atoms with Gasteiger partial charge in [-0.15, -0.1) is 0 Å². The SMILES string of the molecule is CCc1nn(C)c2n[nH]c(NC(=O)Cc3ccc(OC)c(F)c3)c12. The van der Waals surface area contributed by atoms with Gasteiger partial charge in [0, 0.05) is 7.05 Å². The van der Waals surface area contributed by atoms with Crippen molar-refractivity contribution in [1.29, 1.82) is 0 Å². The molecule has 2 heterocycles. The maximum absolute atomic E-state index is 13.7. The van der Waals surface area contributed by atoms with Crippen molar-refractivity contribution in [1.82, 2.24) is 20.0 Å². The third-order valence-electron chi connectivity index (χ3n) is 3.79. The predicted molar refractivity (Wildman–Crippen MR) is 87.5 cm³/mol.